The maximum absolute atomic E-state index is 11.4. The monoisotopic (exact) mass is 314 g/mol. The lowest BCUT2D eigenvalue weighted by Crippen LogP contribution is -2.36. The normalized spacial score (nSPS) is 11.1. The summed E-state index contributed by atoms with van der Waals surface area (Å²) in [6, 6.07) is 5.63. The van der Waals surface area contributed by atoms with Crippen LogP contribution in [0.15, 0.2) is 18.2 Å². The molecule has 2 N–H and O–H groups in total. The van der Waals surface area contributed by atoms with Crippen LogP contribution in [-0.2, 0) is 11.3 Å². The smallest absolute Gasteiger partial charge is 0.407 e. The molecule has 0 aliphatic rings. The standard InChI is InChI=1S/C15H23ClN2O3/c1-15(2,3)21-14(19)18-8-7-17-10-11-5-6-13(20-4)12(16)9-11/h5-6,9,17H,7-8,10H2,1-4H3,(H,18,19). The zero-order valence-electron chi connectivity index (χ0n) is 13.0. The van der Waals surface area contributed by atoms with Crippen molar-refractivity contribution in [2.24, 2.45) is 0 Å². The van der Waals surface area contributed by atoms with Crippen molar-refractivity contribution in [3.63, 3.8) is 0 Å². The molecule has 1 aromatic rings. The Hall–Kier alpha value is -1.46. The van der Waals surface area contributed by atoms with Gasteiger partial charge >= 0.3 is 6.09 Å². The van der Waals surface area contributed by atoms with Gasteiger partial charge in [0.1, 0.15) is 11.4 Å². The predicted octanol–water partition coefficient (Wildman–Crippen LogP) is 2.96. The predicted molar refractivity (Wildman–Crippen MR) is 83.9 cm³/mol. The first-order chi connectivity index (χ1) is 9.81. The second-order valence-electron chi connectivity index (χ2n) is 5.57. The van der Waals surface area contributed by atoms with Crippen LogP contribution in [0.4, 0.5) is 4.79 Å². The van der Waals surface area contributed by atoms with Gasteiger partial charge in [-0.05, 0) is 38.5 Å². The SMILES string of the molecule is COc1ccc(CNCCNC(=O)OC(C)(C)C)cc1Cl. The summed E-state index contributed by atoms with van der Waals surface area (Å²) in [7, 11) is 1.58. The average Bonchev–Trinajstić information content (AvgIpc) is 2.36. The minimum absolute atomic E-state index is 0.406. The largest absolute Gasteiger partial charge is 0.495 e. The number of benzene rings is 1. The van der Waals surface area contributed by atoms with Crippen molar-refractivity contribution in [1.82, 2.24) is 10.6 Å². The highest BCUT2D eigenvalue weighted by atomic mass is 35.5. The van der Waals surface area contributed by atoms with E-state index in [2.05, 4.69) is 10.6 Å². The van der Waals surface area contributed by atoms with Crippen molar-refractivity contribution >= 4 is 17.7 Å². The van der Waals surface area contributed by atoms with Crippen LogP contribution in [0, 0.1) is 0 Å². The van der Waals surface area contributed by atoms with Gasteiger partial charge < -0.3 is 20.1 Å². The number of nitrogens with one attached hydrogen (secondary N) is 2. The van der Waals surface area contributed by atoms with Gasteiger partial charge in [0.2, 0.25) is 0 Å². The number of carbonyl (C=O) groups excluding carboxylic acids is 1. The second kappa shape index (κ2) is 8.10. The van der Waals surface area contributed by atoms with Crippen molar-refractivity contribution in [1.29, 1.82) is 0 Å². The highest BCUT2D eigenvalue weighted by Gasteiger charge is 2.15. The van der Waals surface area contributed by atoms with Gasteiger partial charge in [-0.15, -0.1) is 0 Å². The number of hydrogen-bond acceptors (Lipinski definition) is 4. The molecule has 0 saturated heterocycles. The zero-order chi connectivity index (χ0) is 15.9. The number of amides is 1. The van der Waals surface area contributed by atoms with E-state index in [0.717, 1.165) is 5.56 Å². The molecule has 0 atom stereocenters. The van der Waals surface area contributed by atoms with E-state index in [1.807, 2.05) is 39.0 Å². The number of ether oxygens (including phenoxy) is 2. The molecule has 1 rings (SSSR count). The molecule has 1 amide bonds. The van der Waals surface area contributed by atoms with Crippen LogP contribution in [0.25, 0.3) is 0 Å². The molecule has 0 fully saturated rings. The molecule has 0 aliphatic heterocycles. The third-order valence-electron chi connectivity index (χ3n) is 2.52. The third kappa shape index (κ3) is 7.20. The number of alkyl carbamates (subject to hydrolysis) is 1. The molecule has 6 heteroatoms. The second-order valence-corrected chi connectivity index (χ2v) is 5.98. The Kier molecular flexibility index (Phi) is 6.78. The molecule has 5 nitrogen and oxygen atoms in total. The fraction of sp³-hybridized carbons (Fsp3) is 0.533. The summed E-state index contributed by atoms with van der Waals surface area (Å²) < 4.78 is 10.2. The topological polar surface area (TPSA) is 59.6 Å². The quantitative estimate of drug-likeness (QED) is 0.793. The Morgan fingerprint density at radius 3 is 2.57 bits per heavy atom. The maximum Gasteiger partial charge on any atom is 0.407 e. The van der Waals surface area contributed by atoms with E-state index >= 15 is 0 Å². The molecule has 21 heavy (non-hydrogen) atoms. The van der Waals surface area contributed by atoms with E-state index < -0.39 is 11.7 Å². The number of methoxy groups -OCH3 is 1. The Labute approximate surface area is 131 Å². The highest BCUT2D eigenvalue weighted by Crippen LogP contribution is 2.24. The Bertz CT molecular complexity index is 472. The molecule has 118 valence electrons. The van der Waals surface area contributed by atoms with Crippen LogP contribution < -0.4 is 15.4 Å². The Morgan fingerprint density at radius 1 is 1.29 bits per heavy atom. The molecule has 0 aliphatic carbocycles. The number of hydrogen-bond donors (Lipinski definition) is 2. The van der Waals surface area contributed by atoms with E-state index in [4.69, 9.17) is 21.1 Å². The van der Waals surface area contributed by atoms with Crippen LogP contribution in [0.3, 0.4) is 0 Å². The summed E-state index contributed by atoms with van der Waals surface area (Å²) in [5.74, 6) is 0.659. The van der Waals surface area contributed by atoms with Gasteiger partial charge in [0.05, 0.1) is 12.1 Å². The van der Waals surface area contributed by atoms with Gasteiger partial charge in [-0.25, -0.2) is 4.79 Å². The fourth-order valence-electron chi connectivity index (χ4n) is 1.62. The van der Waals surface area contributed by atoms with Crippen molar-refractivity contribution in [2.75, 3.05) is 20.2 Å². The van der Waals surface area contributed by atoms with E-state index in [1.54, 1.807) is 7.11 Å². The molecule has 0 unspecified atom stereocenters. The molecule has 0 heterocycles. The van der Waals surface area contributed by atoms with Gasteiger partial charge in [-0.1, -0.05) is 17.7 Å². The summed E-state index contributed by atoms with van der Waals surface area (Å²) in [4.78, 5) is 11.4. The minimum atomic E-state index is -0.475. The first-order valence-electron chi connectivity index (χ1n) is 6.82. The van der Waals surface area contributed by atoms with Crippen LogP contribution in [-0.4, -0.2) is 31.9 Å². The van der Waals surface area contributed by atoms with Crippen LogP contribution in [0.2, 0.25) is 5.02 Å². The lowest BCUT2D eigenvalue weighted by atomic mass is 10.2. The van der Waals surface area contributed by atoms with Gasteiger partial charge in [-0.2, -0.15) is 0 Å². The van der Waals surface area contributed by atoms with Gasteiger partial charge in [0, 0.05) is 19.6 Å². The number of rotatable bonds is 6. The summed E-state index contributed by atoms with van der Waals surface area (Å²) in [6.45, 7) is 7.30. The van der Waals surface area contributed by atoms with Crippen molar-refractivity contribution in [2.45, 2.75) is 32.9 Å². The summed E-state index contributed by atoms with van der Waals surface area (Å²) in [5, 5.41) is 6.49. The molecular formula is C15H23ClN2O3. The molecular weight excluding hydrogens is 292 g/mol. The van der Waals surface area contributed by atoms with Crippen LogP contribution >= 0.6 is 11.6 Å². The van der Waals surface area contributed by atoms with E-state index in [9.17, 15) is 4.79 Å². The molecule has 0 aromatic heterocycles. The first-order valence-corrected chi connectivity index (χ1v) is 7.19. The number of carbonyl (C=O) groups is 1. The van der Waals surface area contributed by atoms with Gasteiger partial charge in [-0.3, -0.25) is 0 Å². The summed E-state index contributed by atoms with van der Waals surface area (Å²) >= 11 is 6.05. The average molecular weight is 315 g/mol. The maximum atomic E-state index is 11.4. The molecule has 0 radical (unpaired) electrons. The Balaban J connectivity index is 2.23. The van der Waals surface area contributed by atoms with E-state index in [1.165, 1.54) is 0 Å². The first kappa shape index (κ1) is 17.6. The van der Waals surface area contributed by atoms with Gasteiger partial charge in [0.25, 0.3) is 0 Å². The summed E-state index contributed by atoms with van der Waals surface area (Å²) in [5.41, 5.74) is 0.579. The van der Waals surface area contributed by atoms with Gasteiger partial charge in [0.15, 0.2) is 0 Å². The fourth-order valence-corrected chi connectivity index (χ4v) is 1.90. The summed E-state index contributed by atoms with van der Waals surface area (Å²) in [6.07, 6.45) is -0.406. The highest BCUT2D eigenvalue weighted by molar-refractivity contribution is 6.32. The molecule has 1 aromatic carbocycles. The zero-order valence-corrected chi connectivity index (χ0v) is 13.7. The molecule has 0 spiro atoms. The lowest BCUT2D eigenvalue weighted by Gasteiger charge is -2.19. The van der Waals surface area contributed by atoms with Crippen molar-refractivity contribution in [3.05, 3.63) is 28.8 Å². The van der Waals surface area contributed by atoms with E-state index in [-0.39, 0.29) is 0 Å². The van der Waals surface area contributed by atoms with Crippen molar-refractivity contribution in [3.8, 4) is 5.75 Å². The van der Waals surface area contributed by atoms with Crippen LogP contribution in [0.5, 0.6) is 5.75 Å². The molecule has 0 bridgehead atoms. The minimum Gasteiger partial charge on any atom is -0.495 e. The van der Waals surface area contributed by atoms with E-state index in [0.29, 0.717) is 30.4 Å². The van der Waals surface area contributed by atoms with Crippen molar-refractivity contribution < 1.29 is 14.3 Å². The lowest BCUT2D eigenvalue weighted by molar-refractivity contribution is 0.0528. The number of halogens is 1. The molecule has 0 saturated carbocycles. The van der Waals surface area contributed by atoms with Crippen LogP contribution in [0.1, 0.15) is 26.3 Å². The third-order valence-corrected chi connectivity index (χ3v) is 2.81. The Morgan fingerprint density at radius 2 is 2.00 bits per heavy atom.